The maximum atomic E-state index is 10.9. The molecule has 0 spiro atoms. The number of carbonyl (C=O) groups excluding carboxylic acids is 1. The van der Waals surface area contributed by atoms with Gasteiger partial charge in [-0.25, -0.2) is 4.98 Å². The minimum absolute atomic E-state index is 0.235. The number of nitrogens with zero attached hydrogens (tertiary/aromatic N) is 3. The molecule has 0 saturated heterocycles. The normalized spacial score (nSPS) is 10.7. The number of nitro benzene ring substituents is 2. The second-order valence-electron chi connectivity index (χ2n) is 4.35. The molecule has 0 aliphatic heterocycles. The van der Waals surface area contributed by atoms with E-state index < -0.39 is 21.2 Å². The molecule has 0 aliphatic carbocycles. The summed E-state index contributed by atoms with van der Waals surface area (Å²) in [5, 5.41) is 26.3. The van der Waals surface area contributed by atoms with Gasteiger partial charge in [-0.2, -0.15) is 0 Å². The summed E-state index contributed by atoms with van der Waals surface area (Å²) >= 11 is 1.24. The number of nitro groups is 2. The predicted octanol–water partition coefficient (Wildman–Crippen LogP) is 3.09. The van der Waals surface area contributed by atoms with Crippen LogP contribution in [0.15, 0.2) is 23.6 Å². The van der Waals surface area contributed by atoms with Gasteiger partial charge in [0.15, 0.2) is 5.13 Å². The van der Waals surface area contributed by atoms with E-state index in [2.05, 4.69) is 10.3 Å². The molecule has 118 valence electrons. The zero-order valence-electron chi connectivity index (χ0n) is 11.8. The Hall–Kier alpha value is -3.14. The van der Waals surface area contributed by atoms with Crippen molar-refractivity contribution in [2.75, 3.05) is 5.32 Å². The standard InChI is InChI=1S/C13H10N4O5S/c1-8(18)14-13-15-10(7-23-13)4-2-9-3-5-11(16(19)20)12(6-9)17(21)22/h2-7H,1H3,(H,14,15,18). The molecular weight excluding hydrogens is 324 g/mol. The van der Waals surface area contributed by atoms with Crippen LogP contribution >= 0.6 is 11.3 Å². The third-order valence-corrected chi connectivity index (χ3v) is 3.42. The molecule has 0 saturated carbocycles. The molecule has 1 aromatic carbocycles. The summed E-state index contributed by atoms with van der Waals surface area (Å²) < 4.78 is 0. The van der Waals surface area contributed by atoms with Gasteiger partial charge in [-0.05, 0) is 17.7 Å². The Morgan fingerprint density at radius 3 is 2.52 bits per heavy atom. The minimum Gasteiger partial charge on any atom is -0.302 e. The predicted molar refractivity (Wildman–Crippen MR) is 85.1 cm³/mol. The molecule has 1 heterocycles. The Kier molecular flexibility index (Phi) is 4.76. The minimum atomic E-state index is -0.800. The zero-order chi connectivity index (χ0) is 17.0. The summed E-state index contributed by atoms with van der Waals surface area (Å²) in [5.41, 5.74) is -0.153. The molecule has 0 fully saturated rings. The zero-order valence-corrected chi connectivity index (χ0v) is 12.6. The molecule has 2 rings (SSSR count). The maximum absolute atomic E-state index is 10.9. The first-order valence-corrected chi connectivity index (χ1v) is 7.09. The molecule has 2 aromatic rings. The lowest BCUT2D eigenvalue weighted by atomic mass is 10.1. The molecule has 1 N–H and O–H groups in total. The van der Waals surface area contributed by atoms with Crippen LogP contribution in [0.5, 0.6) is 0 Å². The number of hydrogen-bond donors (Lipinski definition) is 1. The van der Waals surface area contributed by atoms with Crippen molar-refractivity contribution in [3.8, 4) is 0 Å². The lowest BCUT2D eigenvalue weighted by Crippen LogP contribution is -2.04. The van der Waals surface area contributed by atoms with Crippen molar-refractivity contribution in [2.24, 2.45) is 0 Å². The quantitative estimate of drug-likeness (QED) is 0.661. The van der Waals surface area contributed by atoms with Crippen molar-refractivity contribution in [3.63, 3.8) is 0 Å². The van der Waals surface area contributed by atoms with Crippen molar-refractivity contribution in [3.05, 3.63) is 55.1 Å². The van der Waals surface area contributed by atoms with Crippen LogP contribution in [0.3, 0.4) is 0 Å². The number of aromatic nitrogens is 1. The smallest absolute Gasteiger partial charge is 0.302 e. The lowest BCUT2D eigenvalue weighted by Gasteiger charge is -1.96. The molecule has 0 atom stereocenters. The lowest BCUT2D eigenvalue weighted by molar-refractivity contribution is -0.422. The number of amides is 1. The van der Waals surface area contributed by atoms with Gasteiger partial charge in [-0.1, -0.05) is 6.08 Å². The third kappa shape index (κ3) is 4.17. The summed E-state index contributed by atoms with van der Waals surface area (Å²) in [6.07, 6.45) is 3.13. The van der Waals surface area contributed by atoms with Gasteiger partial charge in [0.2, 0.25) is 5.91 Å². The van der Waals surface area contributed by atoms with Gasteiger partial charge < -0.3 is 5.32 Å². The number of rotatable bonds is 5. The van der Waals surface area contributed by atoms with E-state index >= 15 is 0 Å². The molecular formula is C13H10N4O5S. The van der Waals surface area contributed by atoms with E-state index in [0.29, 0.717) is 16.4 Å². The average Bonchev–Trinajstić information content (AvgIpc) is 2.91. The molecule has 9 nitrogen and oxygen atoms in total. The summed E-state index contributed by atoms with van der Waals surface area (Å²) in [6, 6.07) is 3.61. The highest BCUT2D eigenvalue weighted by molar-refractivity contribution is 7.14. The van der Waals surface area contributed by atoms with E-state index in [1.807, 2.05) is 0 Å². The van der Waals surface area contributed by atoms with E-state index in [4.69, 9.17) is 0 Å². The molecule has 10 heteroatoms. The molecule has 1 amide bonds. The first-order chi connectivity index (χ1) is 10.9. The monoisotopic (exact) mass is 334 g/mol. The molecule has 0 radical (unpaired) electrons. The van der Waals surface area contributed by atoms with E-state index in [-0.39, 0.29) is 5.91 Å². The van der Waals surface area contributed by atoms with Crippen molar-refractivity contribution in [1.82, 2.24) is 4.98 Å². The van der Waals surface area contributed by atoms with Gasteiger partial charge in [0, 0.05) is 24.4 Å². The van der Waals surface area contributed by atoms with Crippen LogP contribution in [-0.4, -0.2) is 20.7 Å². The Morgan fingerprint density at radius 2 is 1.91 bits per heavy atom. The van der Waals surface area contributed by atoms with Crippen LogP contribution in [0.25, 0.3) is 12.2 Å². The van der Waals surface area contributed by atoms with Gasteiger partial charge in [-0.3, -0.25) is 25.0 Å². The van der Waals surface area contributed by atoms with Crippen LogP contribution in [0.2, 0.25) is 0 Å². The number of nitrogens with one attached hydrogen (secondary N) is 1. The summed E-state index contributed by atoms with van der Waals surface area (Å²) in [4.78, 5) is 35.1. The van der Waals surface area contributed by atoms with Crippen LogP contribution < -0.4 is 5.32 Å². The Labute approximate surface area is 133 Å². The molecule has 23 heavy (non-hydrogen) atoms. The van der Waals surface area contributed by atoms with E-state index in [1.54, 1.807) is 17.5 Å². The second kappa shape index (κ2) is 6.75. The van der Waals surface area contributed by atoms with Crippen molar-refractivity contribution < 1.29 is 14.6 Å². The summed E-state index contributed by atoms with van der Waals surface area (Å²) in [6.45, 7) is 1.37. The van der Waals surface area contributed by atoms with Crippen molar-refractivity contribution in [2.45, 2.75) is 6.92 Å². The number of anilines is 1. The molecule has 0 aliphatic rings. The fourth-order valence-corrected chi connectivity index (χ4v) is 2.42. The SMILES string of the molecule is CC(=O)Nc1nc(C=Cc2ccc([N+](=O)[O-])c([N+](=O)[O-])c2)cs1. The fraction of sp³-hybridized carbons (Fsp3) is 0.0769. The van der Waals surface area contributed by atoms with Gasteiger partial charge in [0.05, 0.1) is 15.5 Å². The summed E-state index contributed by atoms with van der Waals surface area (Å²) in [7, 11) is 0. The largest absolute Gasteiger partial charge is 0.346 e. The summed E-state index contributed by atoms with van der Waals surface area (Å²) in [5.74, 6) is -0.235. The number of thiazole rings is 1. The van der Waals surface area contributed by atoms with Crippen LogP contribution in [0.4, 0.5) is 16.5 Å². The van der Waals surface area contributed by atoms with Gasteiger partial charge in [0.1, 0.15) is 0 Å². The Morgan fingerprint density at radius 1 is 1.22 bits per heavy atom. The highest BCUT2D eigenvalue weighted by Gasteiger charge is 2.23. The highest BCUT2D eigenvalue weighted by Crippen LogP contribution is 2.28. The van der Waals surface area contributed by atoms with Crippen LogP contribution in [0, 0.1) is 20.2 Å². The van der Waals surface area contributed by atoms with Crippen molar-refractivity contribution in [1.29, 1.82) is 0 Å². The van der Waals surface area contributed by atoms with E-state index in [0.717, 1.165) is 12.1 Å². The Balaban J connectivity index is 2.24. The fourth-order valence-electron chi connectivity index (χ4n) is 1.70. The first kappa shape index (κ1) is 16.2. The van der Waals surface area contributed by atoms with E-state index in [1.165, 1.54) is 24.3 Å². The number of hydrogen-bond acceptors (Lipinski definition) is 7. The number of benzene rings is 1. The van der Waals surface area contributed by atoms with Gasteiger partial charge in [-0.15, -0.1) is 11.3 Å². The number of carbonyl (C=O) groups is 1. The molecule has 0 bridgehead atoms. The average molecular weight is 334 g/mol. The third-order valence-electron chi connectivity index (χ3n) is 2.64. The van der Waals surface area contributed by atoms with Crippen LogP contribution in [0.1, 0.15) is 18.2 Å². The molecule has 0 unspecified atom stereocenters. The maximum Gasteiger partial charge on any atom is 0.346 e. The second-order valence-corrected chi connectivity index (χ2v) is 5.21. The Bertz CT molecular complexity index is 814. The van der Waals surface area contributed by atoms with Gasteiger partial charge in [0.25, 0.3) is 0 Å². The first-order valence-electron chi connectivity index (χ1n) is 6.21. The van der Waals surface area contributed by atoms with Gasteiger partial charge >= 0.3 is 11.4 Å². The van der Waals surface area contributed by atoms with E-state index in [9.17, 15) is 25.0 Å². The topological polar surface area (TPSA) is 128 Å². The molecule has 1 aromatic heterocycles. The van der Waals surface area contributed by atoms with Crippen molar-refractivity contribution >= 4 is 45.9 Å². The highest BCUT2D eigenvalue weighted by atomic mass is 32.1. The van der Waals surface area contributed by atoms with Crippen LogP contribution in [-0.2, 0) is 4.79 Å².